The van der Waals surface area contributed by atoms with Crippen LogP contribution in [-0.4, -0.2) is 17.0 Å². The third kappa shape index (κ3) is 3.97. The number of rotatable bonds is 5. The fourth-order valence-corrected chi connectivity index (χ4v) is 1.30. The minimum atomic E-state index is -0.567. The van der Waals surface area contributed by atoms with Gasteiger partial charge < -0.3 is 5.11 Å². The maximum atomic E-state index is 11.6. The summed E-state index contributed by atoms with van der Waals surface area (Å²) in [6.45, 7) is 0. The van der Waals surface area contributed by atoms with E-state index < -0.39 is 6.10 Å². The lowest BCUT2D eigenvalue weighted by Gasteiger charge is -2.05. The van der Waals surface area contributed by atoms with Gasteiger partial charge in [0.15, 0.2) is 5.78 Å². The van der Waals surface area contributed by atoms with Crippen LogP contribution in [0, 0.1) is 12.3 Å². The van der Waals surface area contributed by atoms with E-state index in [1.807, 2.05) is 18.2 Å². The van der Waals surface area contributed by atoms with Crippen LogP contribution in [0.2, 0.25) is 0 Å². The summed E-state index contributed by atoms with van der Waals surface area (Å²) in [6, 6.07) is 9.06. The van der Waals surface area contributed by atoms with E-state index >= 15 is 0 Å². The lowest BCUT2D eigenvalue weighted by Crippen LogP contribution is -2.09. The van der Waals surface area contributed by atoms with Crippen LogP contribution in [0.25, 0.3) is 0 Å². The number of Topliss-reactive ketones (excluding diaryl/α,β-unsaturated/α-hetero) is 1. The lowest BCUT2D eigenvalue weighted by molar-refractivity contribution is 0.0943. The summed E-state index contributed by atoms with van der Waals surface area (Å²) >= 11 is 0. The number of aliphatic hydroxyl groups is 1. The van der Waals surface area contributed by atoms with Gasteiger partial charge in [-0.3, -0.25) is 4.79 Å². The van der Waals surface area contributed by atoms with Crippen LogP contribution in [0.4, 0.5) is 0 Å². The zero-order valence-corrected chi connectivity index (χ0v) is 8.52. The van der Waals surface area contributed by atoms with Crippen LogP contribution in [0.1, 0.15) is 29.6 Å². The highest BCUT2D eigenvalue weighted by Crippen LogP contribution is 2.08. The average Bonchev–Trinajstić information content (AvgIpc) is 2.27. The van der Waals surface area contributed by atoms with Crippen molar-refractivity contribution in [1.82, 2.24) is 0 Å². The van der Waals surface area contributed by atoms with Gasteiger partial charge in [-0.2, -0.15) is 0 Å². The summed E-state index contributed by atoms with van der Waals surface area (Å²) in [5.41, 5.74) is 0.686. The summed E-state index contributed by atoms with van der Waals surface area (Å²) in [5, 5.41) is 9.35. The van der Waals surface area contributed by atoms with E-state index in [1.54, 1.807) is 12.1 Å². The van der Waals surface area contributed by atoms with Gasteiger partial charge >= 0.3 is 0 Å². The van der Waals surface area contributed by atoms with E-state index in [4.69, 9.17) is 6.42 Å². The maximum Gasteiger partial charge on any atom is 0.162 e. The number of aliphatic hydroxyl groups excluding tert-OH is 1. The number of carbonyl (C=O) groups is 1. The smallest absolute Gasteiger partial charge is 0.162 e. The summed E-state index contributed by atoms with van der Waals surface area (Å²) in [5.74, 6) is 2.42. The largest absolute Gasteiger partial charge is 0.392 e. The molecule has 0 bridgehead atoms. The second-order valence-electron chi connectivity index (χ2n) is 3.39. The number of hydrogen-bond acceptors (Lipinski definition) is 2. The Balaban J connectivity index is 2.41. The molecule has 0 amide bonds. The lowest BCUT2D eigenvalue weighted by atomic mass is 10.0. The molecule has 1 aromatic carbocycles. The molecule has 0 aromatic heterocycles. The fourth-order valence-electron chi connectivity index (χ4n) is 1.30. The number of ketones is 1. The molecule has 0 radical (unpaired) electrons. The Labute approximate surface area is 89.9 Å². The molecule has 2 nitrogen and oxygen atoms in total. The first-order valence-electron chi connectivity index (χ1n) is 4.94. The highest BCUT2D eigenvalue weighted by molar-refractivity contribution is 5.95. The normalized spacial score (nSPS) is 11.7. The van der Waals surface area contributed by atoms with Gasteiger partial charge in [0, 0.05) is 18.4 Å². The van der Waals surface area contributed by atoms with Gasteiger partial charge in [-0.25, -0.2) is 0 Å². The van der Waals surface area contributed by atoms with Gasteiger partial charge in [0.2, 0.25) is 0 Å². The number of hydrogen-bond donors (Lipinski definition) is 1. The third-order valence-corrected chi connectivity index (χ3v) is 2.15. The maximum absolute atomic E-state index is 11.6. The molecule has 1 N–H and O–H groups in total. The van der Waals surface area contributed by atoms with Crippen molar-refractivity contribution in [2.45, 2.75) is 25.4 Å². The van der Waals surface area contributed by atoms with Crippen LogP contribution >= 0.6 is 0 Å². The van der Waals surface area contributed by atoms with Gasteiger partial charge in [-0.1, -0.05) is 30.3 Å². The highest BCUT2D eigenvalue weighted by Gasteiger charge is 2.08. The van der Waals surface area contributed by atoms with Gasteiger partial charge in [-0.05, 0) is 6.42 Å². The van der Waals surface area contributed by atoms with Crippen LogP contribution in [0.3, 0.4) is 0 Å². The summed E-state index contributed by atoms with van der Waals surface area (Å²) < 4.78 is 0. The van der Waals surface area contributed by atoms with E-state index in [0.717, 1.165) is 0 Å². The first-order chi connectivity index (χ1) is 7.24. The Morgan fingerprint density at radius 3 is 2.67 bits per heavy atom. The molecule has 78 valence electrons. The van der Waals surface area contributed by atoms with Crippen LogP contribution in [-0.2, 0) is 0 Å². The topological polar surface area (TPSA) is 37.3 Å². The molecule has 1 aromatic rings. The van der Waals surface area contributed by atoms with Gasteiger partial charge in [0.05, 0.1) is 6.10 Å². The first-order valence-corrected chi connectivity index (χ1v) is 4.94. The predicted octanol–water partition coefficient (Wildman–Crippen LogP) is 2.03. The van der Waals surface area contributed by atoms with Crippen LogP contribution in [0.5, 0.6) is 0 Å². The number of terminal acetylenes is 1. The monoisotopic (exact) mass is 202 g/mol. The Morgan fingerprint density at radius 1 is 1.40 bits per heavy atom. The average molecular weight is 202 g/mol. The molecule has 0 aliphatic carbocycles. The Kier molecular flexibility index (Phi) is 4.59. The van der Waals surface area contributed by atoms with Crippen molar-refractivity contribution < 1.29 is 9.90 Å². The van der Waals surface area contributed by atoms with E-state index in [0.29, 0.717) is 24.8 Å². The molecule has 0 unspecified atom stereocenters. The molecule has 0 aliphatic rings. The molecule has 0 spiro atoms. The van der Waals surface area contributed by atoms with Crippen molar-refractivity contribution in [1.29, 1.82) is 0 Å². The molecular weight excluding hydrogens is 188 g/mol. The molecule has 0 fully saturated rings. The molecule has 1 rings (SSSR count). The third-order valence-electron chi connectivity index (χ3n) is 2.15. The van der Waals surface area contributed by atoms with Gasteiger partial charge in [-0.15, -0.1) is 12.3 Å². The second-order valence-corrected chi connectivity index (χ2v) is 3.39. The van der Waals surface area contributed by atoms with E-state index in [1.165, 1.54) is 0 Å². The van der Waals surface area contributed by atoms with Crippen molar-refractivity contribution in [3.8, 4) is 12.3 Å². The molecule has 0 saturated heterocycles. The summed E-state index contributed by atoms with van der Waals surface area (Å²) in [7, 11) is 0. The molecule has 0 aliphatic heterocycles. The Hall–Kier alpha value is -1.59. The van der Waals surface area contributed by atoms with Crippen molar-refractivity contribution in [2.24, 2.45) is 0 Å². The molecule has 1 atom stereocenters. The molecule has 0 heterocycles. The Morgan fingerprint density at radius 2 is 2.07 bits per heavy atom. The highest BCUT2D eigenvalue weighted by atomic mass is 16.3. The zero-order chi connectivity index (χ0) is 11.1. The van der Waals surface area contributed by atoms with Crippen LogP contribution < -0.4 is 0 Å². The number of benzene rings is 1. The number of carbonyl (C=O) groups excluding carboxylic acids is 1. The molecule has 0 saturated carbocycles. The molecular formula is C13H14O2. The molecule has 15 heavy (non-hydrogen) atoms. The van der Waals surface area contributed by atoms with Crippen molar-refractivity contribution in [2.75, 3.05) is 0 Å². The second kappa shape index (κ2) is 6.00. The van der Waals surface area contributed by atoms with E-state index in [9.17, 15) is 9.90 Å². The minimum Gasteiger partial charge on any atom is -0.392 e. The standard InChI is InChI=1S/C13H14O2/c1-2-6-12(14)9-10-13(15)11-7-4-3-5-8-11/h1,3-5,7-8,12,14H,6,9-10H2/t12-/m1/s1. The van der Waals surface area contributed by atoms with E-state index in [2.05, 4.69) is 5.92 Å². The fraction of sp³-hybridized carbons (Fsp3) is 0.308. The summed E-state index contributed by atoms with van der Waals surface area (Å²) in [4.78, 5) is 11.6. The summed E-state index contributed by atoms with van der Waals surface area (Å²) in [6.07, 6.45) is 5.56. The zero-order valence-electron chi connectivity index (χ0n) is 8.52. The minimum absolute atomic E-state index is 0.0478. The quantitative estimate of drug-likeness (QED) is 0.586. The first kappa shape index (κ1) is 11.5. The van der Waals surface area contributed by atoms with Crippen molar-refractivity contribution in [3.05, 3.63) is 35.9 Å². The van der Waals surface area contributed by atoms with Crippen molar-refractivity contribution >= 4 is 5.78 Å². The van der Waals surface area contributed by atoms with E-state index in [-0.39, 0.29) is 5.78 Å². The van der Waals surface area contributed by atoms with Crippen LogP contribution in [0.15, 0.2) is 30.3 Å². The predicted molar refractivity (Wildman–Crippen MR) is 59.5 cm³/mol. The molecule has 2 heteroatoms. The Bertz CT molecular complexity index is 349. The SMILES string of the molecule is C#CC[C@@H](O)CCC(=O)c1ccccc1. The van der Waals surface area contributed by atoms with Gasteiger partial charge in [0.25, 0.3) is 0 Å². The van der Waals surface area contributed by atoms with Gasteiger partial charge in [0.1, 0.15) is 0 Å². The van der Waals surface area contributed by atoms with Crippen molar-refractivity contribution in [3.63, 3.8) is 0 Å².